The van der Waals surface area contributed by atoms with E-state index in [1.54, 1.807) is 0 Å². The molecule has 0 aliphatic heterocycles. The zero-order chi connectivity index (χ0) is 21.3. The molecule has 0 aliphatic carbocycles. The highest BCUT2D eigenvalue weighted by molar-refractivity contribution is 6.31. The van der Waals surface area contributed by atoms with Gasteiger partial charge in [0.1, 0.15) is 0 Å². The number of aryl methyl sites for hydroxylation is 1. The summed E-state index contributed by atoms with van der Waals surface area (Å²) in [7, 11) is 3.16. The number of fused-ring (bicyclic) bond motifs is 2. The third-order valence-electron chi connectivity index (χ3n) is 4.95. The van der Waals surface area contributed by atoms with E-state index in [-0.39, 0.29) is 24.8 Å². The summed E-state index contributed by atoms with van der Waals surface area (Å²) in [5.41, 5.74) is 6.08. The van der Waals surface area contributed by atoms with Crippen LogP contribution in [0.15, 0.2) is 54.6 Å². The van der Waals surface area contributed by atoms with E-state index < -0.39 is 6.09 Å². The molecule has 0 saturated heterocycles. The Labute approximate surface area is 203 Å². The number of methoxy groups -OCH3 is 1. The molecular formula is C23H23Cl3N4O2. The monoisotopic (exact) mass is 492 g/mol. The summed E-state index contributed by atoms with van der Waals surface area (Å²) in [5, 5.41) is 12.0. The van der Waals surface area contributed by atoms with Gasteiger partial charge in [0, 0.05) is 28.5 Å². The molecule has 168 valence electrons. The number of carbonyl (C=O) groups is 1. The Morgan fingerprint density at radius 3 is 2.50 bits per heavy atom. The van der Waals surface area contributed by atoms with E-state index in [0.717, 1.165) is 44.4 Å². The minimum atomic E-state index is -0.517. The lowest BCUT2D eigenvalue weighted by atomic mass is 10.0. The number of hydrogen-bond acceptors (Lipinski definition) is 5. The van der Waals surface area contributed by atoms with Gasteiger partial charge in [-0.1, -0.05) is 29.8 Å². The number of para-hydroxylation sites is 1. The first-order valence-electron chi connectivity index (χ1n) is 9.42. The van der Waals surface area contributed by atoms with Gasteiger partial charge < -0.3 is 15.4 Å². The molecule has 1 aromatic heterocycles. The van der Waals surface area contributed by atoms with Crippen molar-refractivity contribution in [2.24, 2.45) is 0 Å². The molecule has 0 saturated carbocycles. The van der Waals surface area contributed by atoms with Gasteiger partial charge >= 0.3 is 6.09 Å². The number of pyridine rings is 1. The average molecular weight is 494 g/mol. The van der Waals surface area contributed by atoms with Crippen LogP contribution in [0.25, 0.3) is 21.8 Å². The Morgan fingerprint density at radius 1 is 1.00 bits per heavy atom. The molecule has 4 aromatic rings. The number of amides is 1. The number of carbonyl (C=O) groups excluding carboxylic acids is 1. The van der Waals surface area contributed by atoms with Crippen molar-refractivity contribution in [1.82, 2.24) is 4.98 Å². The van der Waals surface area contributed by atoms with Crippen LogP contribution in [0.3, 0.4) is 0 Å². The van der Waals surface area contributed by atoms with Crippen LogP contribution < -0.4 is 16.0 Å². The number of hydrogen-bond donors (Lipinski definition) is 3. The van der Waals surface area contributed by atoms with Crippen molar-refractivity contribution in [3.63, 3.8) is 0 Å². The second-order valence-corrected chi connectivity index (χ2v) is 7.31. The van der Waals surface area contributed by atoms with Crippen molar-refractivity contribution in [3.8, 4) is 0 Å². The Balaban J connectivity index is 0.00000181. The Morgan fingerprint density at radius 2 is 1.78 bits per heavy atom. The lowest BCUT2D eigenvalue weighted by Crippen LogP contribution is -2.11. The normalized spacial score (nSPS) is 10.1. The number of benzene rings is 3. The van der Waals surface area contributed by atoms with Crippen LogP contribution in [0.1, 0.15) is 5.56 Å². The van der Waals surface area contributed by atoms with E-state index in [0.29, 0.717) is 10.7 Å². The third kappa shape index (κ3) is 4.93. The van der Waals surface area contributed by atoms with Crippen molar-refractivity contribution >= 4 is 87.1 Å². The molecule has 1 heterocycles. The summed E-state index contributed by atoms with van der Waals surface area (Å²) < 4.78 is 4.67. The zero-order valence-electron chi connectivity index (χ0n) is 17.7. The lowest BCUT2D eigenvalue weighted by molar-refractivity contribution is 0.187. The van der Waals surface area contributed by atoms with Crippen molar-refractivity contribution in [2.45, 2.75) is 6.92 Å². The van der Waals surface area contributed by atoms with E-state index in [1.165, 1.54) is 7.11 Å². The van der Waals surface area contributed by atoms with Crippen molar-refractivity contribution < 1.29 is 9.53 Å². The molecule has 4 rings (SSSR count). The predicted octanol–water partition coefficient (Wildman–Crippen LogP) is 7.16. The van der Waals surface area contributed by atoms with Crippen LogP contribution in [0.2, 0.25) is 5.02 Å². The fourth-order valence-corrected chi connectivity index (χ4v) is 3.63. The molecule has 1 amide bonds. The van der Waals surface area contributed by atoms with Gasteiger partial charge in [-0.15, -0.1) is 24.8 Å². The molecule has 0 atom stereocenters. The summed E-state index contributed by atoms with van der Waals surface area (Å²) in [5.74, 6) is 0. The second-order valence-electron chi connectivity index (χ2n) is 6.87. The number of nitrogens with one attached hydrogen (secondary N) is 3. The van der Waals surface area contributed by atoms with Crippen molar-refractivity contribution in [3.05, 3.63) is 65.2 Å². The van der Waals surface area contributed by atoms with E-state index >= 15 is 0 Å². The van der Waals surface area contributed by atoms with Crippen LogP contribution in [0, 0.1) is 6.92 Å². The Bertz CT molecular complexity index is 1280. The van der Waals surface area contributed by atoms with Crippen molar-refractivity contribution in [2.75, 3.05) is 30.1 Å². The summed E-state index contributed by atoms with van der Waals surface area (Å²) in [6.45, 7) is 2.04. The quantitative estimate of drug-likeness (QED) is 0.263. The topological polar surface area (TPSA) is 75.3 Å². The summed E-state index contributed by atoms with van der Waals surface area (Å²) in [6, 6.07) is 17.4. The van der Waals surface area contributed by atoms with Crippen LogP contribution in [0.5, 0.6) is 0 Å². The first kappa shape index (κ1) is 25.3. The maximum atomic E-state index is 11.5. The molecule has 0 bridgehead atoms. The van der Waals surface area contributed by atoms with E-state index in [1.807, 2.05) is 62.5 Å². The fourth-order valence-electron chi connectivity index (χ4n) is 3.46. The number of rotatable bonds is 4. The van der Waals surface area contributed by atoms with Gasteiger partial charge in [0.05, 0.1) is 35.2 Å². The molecule has 3 aromatic carbocycles. The minimum Gasteiger partial charge on any atom is -0.453 e. The maximum absolute atomic E-state index is 11.5. The summed E-state index contributed by atoms with van der Waals surface area (Å²) >= 11 is 6.23. The van der Waals surface area contributed by atoms with Crippen LogP contribution in [0.4, 0.5) is 27.5 Å². The first-order valence-corrected chi connectivity index (χ1v) is 9.80. The molecule has 6 nitrogen and oxygen atoms in total. The molecule has 0 spiro atoms. The van der Waals surface area contributed by atoms with Gasteiger partial charge in [0.15, 0.2) is 0 Å². The SMILES string of the molecule is CNc1cc(NC(=O)OC)ccc1Nc1c2ccc(Cl)cc2nc2c(C)cccc12.Cl.Cl. The number of halogens is 3. The van der Waals surface area contributed by atoms with Gasteiger partial charge in [-0.05, 0) is 48.9 Å². The smallest absolute Gasteiger partial charge is 0.411 e. The Hall–Kier alpha value is -2.93. The van der Waals surface area contributed by atoms with E-state index in [9.17, 15) is 4.79 Å². The van der Waals surface area contributed by atoms with Crippen LogP contribution >= 0.6 is 36.4 Å². The molecule has 0 radical (unpaired) electrons. The van der Waals surface area contributed by atoms with Crippen LogP contribution in [-0.4, -0.2) is 25.2 Å². The van der Waals surface area contributed by atoms with E-state index in [4.69, 9.17) is 16.6 Å². The summed E-state index contributed by atoms with van der Waals surface area (Å²) in [4.78, 5) is 16.4. The molecule has 0 fully saturated rings. The van der Waals surface area contributed by atoms with Gasteiger partial charge in [-0.2, -0.15) is 0 Å². The molecule has 32 heavy (non-hydrogen) atoms. The largest absolute Gasteiger partial charge is 0.453 e. The fraction of sp³-hybridized carbons (Fsp3) is 0.130. The third-order valence-corrected chi connectivity index (χ3v) is 5.18. The summed E-state index contributed by atoms with van der Waals surface area (Å²) in [6.07, 6.45) is -0.517. The maximum Gasteiger partial charge on any atom is 0.411 e. The van der Waals surface area contributed by atoms with Crippen LogP contribution in [-0.2, 0) is 4.74 Å². The zero-order valence-corrected chi connectivity index (χ0v) is 20.0. The van der Waals surface area contributed by atoms with Gasteiger partial charge in [0.2, 0.25) is 0 Å². The first-order chi connectivity index (χ1) is 14.5. The second kappa shape index (κ2) is 10.6. The molecule has 0 aliphatic rings. The van der Waals surface area contributed by atoms with E-state index in [2.05, 4.69) is 26.8 Å². The highest BCUT2D eigenvalue weighted by Gasteiger charge is 2.13. The number of nitrogens with zero attached hydrogens (tertiary/aromatic N) is 1. The minimum absolute atomic E-state index is 0. The average Bonchev–Trinajstić information content (AvgIpc) is 2.74. The highest BCUT2D eigenvalue weighted by Crippen LogP contribution is 2.37. The standard InChI is InChI=1S/C23H21ClN4O2.2ClH/c1-13-5-4-6-17-21(13)28-19-11-14(24)7-9-16(19)22(17)27-18-10-8-15(12-20(18)25-2)26-23(29)30-3;;/h4-12,25H,1-3H3,(H,26,29)(H,27,28);2*1H. The number of ether oxygens (including phenoxy) is 1. The lowest BCUT2D eigenvalue weighted by Gasteiger charge is -2.17. The number of anilines is 4. The van der Waals surface area contributed by atoms with Gasteiger partial charge in [-0.25, -0.2) is 9.78 Å². The number of aromatic nitrogens is 1. The molecular weight excluding hydrogens is 471 g/mol. The molecule has 0 unspecified atom stereocenters. The highest BCUT2D eigenvalue weighted by atomic mass is 35.5. The van der Waals surface area contributed by atoms with Gasteiger partial charge in [-0.3, -0.25) is 5.32 Å². The molecule has 3 N–H and O–H groups in total. The predicted molar refractivity (Wildman–Crippen MR) is 139 cm³/mol. The molecule has 9 heteroatoms. The van der Waals surface area contributed by atoms with Gasteiger partial charge in [0.25, 0.3) is 0 Å². The Kier molecular flexibility index (Phi) is 8.38. The van der Waals surface area contributed by atoms with Crippen molar-refractivity contribution in [1.29, 1.82) is 0 Å².